The molecule has 3 rings (SSSR count). The summed E-state index contributed by atoms with van der Waals surface area (Å²) in [5, 5.41) is 5.40. The molecule has 1 amide bonds. The van der Waals surface area contributed by atoms with Crippen LogP contribution in [-0.4, -0.2) is 79.8 Å². The van der Waals surface area contributed by atoms with Crippen LogP contribution in [0.3, 0.4) is 0 Å². The first-order valence-electron chi connectivity index (χ1n) is 9.60. The molecule has 1 aliphatic carbocycles. The van der Waals surface area contributed by atoms with Crippen LogP contribution in [0.4, 0.5) is 0 Å². The van der Waals surface area contributed by atoms with Crippen molar-refractivity contribution in [1.82, 2.24) is 15.1 Å². The van der Waals surface area contributed by atoms with Crippen molar-refractivity contribution in [2.75, 3.05) is 33.9 Å². The second-order valence-corrected chi connectivity index (χ2v) is 8.05. The van der Waals surface area contributed by atoms with Gasteiger partial charge in [0.15, 0.2) is 0 Å². The Kier molecular flexibility index (Phi) is 5.96. The molecule has 3 fully saturated rings. The third kappa shape index (κ3) is 4.33. The van der Waals surface area contributed by atoms with Crippen LogP contribution in [0.1, 0.15) is 39.0 Å². The SMILES string of the molecule is COC(=O)C1CC2[NH2+]CN(C)C2CN1CC1CCC(NC(C)=O)CC1. The number of ether oxygens (including phenoxy) is 1. The Labute approximate surface area is 150 Å². The molecule has 7 heteroatoms. The summed E-state index contributed by atoms with van der Waals surface area (Å²) in [6.45, 7) is 4.51. The number of rotatable bonds is 4. The third-order valence-electron chi connectivity index (χ3n) is 6.33. The lowest BCUT2D eigenvalue weighted by atomic mass is 9.84. The van der Waals surface area contributed by atoms with E-state index in [2.05, 4.69) is 27.5 Å². The highest BCUT2D eigenvalue weighted by Crippen LogP contribution is 2.29. The average molecular weight is 353 g/mol. The molecule has 7 nitrogen and oxygen atoms in total. The van der Waals surface area contributed by atoms with E-state index in [1.165, 1.54) is 7.11 Å². The standard InChI is InChI=1S/C18H32N4O3/c1-12(23)20-14-6-4-13(5-7-14)9-22-10-17-15(19-11-21(17)2)8-16(22)18(24)25-3/h13-17,19H,4-11H2,1-3H3,(H,20,23)/p+1. The smallest absolute Gasteiger partial charge is 0.323 e. The molecule has 2 saturated heterocycles. The number of fused-ring (bicyclic) bond motifs is 1. The molecule has 3 unspecified atom stereocenters. The van der Waals surface area contributed by atoms with Gasteiger partial charge in [0.25, 0.3) is 0 Å². The number of amides is 1. The normalized spacial score (nSPS) is 36.7. The van der Waals surface area contributed by atoms with Crippen LogP contribution in [0.2, 0.25) is 0 Å². The van der Waals surface area contributed by atoms with Gasteiger partial charge in [-0.1, -0.05) is 0 Å². The number of nitrogens with one attached hydrogen (secondary N) is 1. The van der Waals surface area contributed by atoms with Crippen LogP contribution in [0.15, 0.2) is 0 Å². The fourth-order valence-corrected chi connectivity index (χ4v) is 4.92. The number of hydrogen-bond acceptors (Lipinski definition) is 5. The van der Waals surface area contributed by atoms with E-state index in [4.69, 9.17) is 4.74 Å². The molecule has 0 aromatic heterocycles. The maximum absolute atomic E-state index is 12.3. The minimum Gasteiger partial charge on any atom is -0.468 e. The van der Waals surface area contributed by atoms with Crippen molar-refractivity contribution in [2.24, 2.45) is 5.92 Å². The number of nitrogens with two attached hydrogens (primary N) is 1. The average Bonchev–Trinajstić information content (AvgIpc) is 2.95. The predicted octanol–water partition coefficient (Wildman–Crippen LogP) is -0.868. The van der Waals surface area contributed by atoms with E-state index in [1.807, 2.05) is 0 Å². The Morgan fingerprint density at radius 1 is 1.24 bits per heavy atom. The Balaban J connectivity index is 1.59. The molecule has 3 N–H and O–H groups in total. The molecule has 0 aromatic carbocycles. The van der Waals surface area contributed by atoms with Gasteiger partial charge >= 0.3 is 5.97 Å². The lowest BCUT2D eigenvalue weighted by Crippen LogP contribution is -2.89. The van der Waals surface area contributed by atoms with E-state index in [0.29, 0.717) is 24.0 Å². The van der Waals surface area contributed by atoms with Gasteiger partial charge in [0.2, 0.25) is 5.91 Å². The summed E-state index contributed by atoms with van der Waals surface area (Å²) in [6.07, 6.45) is 5.20. The zero-order valence-corrected chi connectivity index (χ0v) is 15.7. The Bertz CT molecular complexity index is 493. The van der Waals surface area contributed by atoms with Gasteiger partial charge in [-0.05, 0) is 38.6 Å². The summed E-state index contributed by atoms with van der Waals surface area (Å²) >= 11 is 0. The topological polar surface area (TPSA) is 78.5 Å². The van der Waals surface area contributed by atoms with Gasteiger partial charge in [0.1, 0.15) is 18.8 Å². The summed E-state index contributed by atoms with van der Waals surface area (Å²) in [4.78, 5) is 28.3. The Morgan fingerprint density at radius 3 is 2.60 bits per heavy atom. The number of likely N-dealkylation sites (tertiary alicyclic amines) is 1. The third-order valence-corrected chi connectivity index (χ3v) is 6.33. The fourth-order valence-electron chi connectivity index (χ4n) is 4.92. The lowest BCUT2D eigenvalue weighted by molar-refractivity contribution is -0.678. The van der Waals surface area contributed by atoms with E-state index in [0.717, 1.165) is 51.9 Å². The van der Waals surface area contributed by atoms with Gasteiger partial charge in [-0.2, -0.15) is 0 Å². The molecule has 25 heavy (non-hydrogen) atoms. The van der Waals surface area contributed by atoms with Crippen molar-refractivity contribution in [3.63, 3.8) is 0 Å². The lowest BCUT2D eigenvalue weighted by Gasteiger charge is -2.42. The number of hydrogen-bond donors (Lipinski definition) is 2. The zero-order valence-electron chi connectivity index (χ0n) is 15.7. The van der Waals surface area contributed by atoms with Gasteiger partial charge in [0, 0.05) is 32.5 Å². The van der Waals surface area contributed by atoms with Gasteiger partial charge < -0.3 is 15.4 Å². The van der Waals surface area contributed by atoms with Crippen LogP contribution >= 0.6 is 0 Å². The summed E-state index contributed by atoms with van der Waals surface area (Å²) in [7, 11) is 3.67. The summed E-state index contributed by atoms with van der Waals surface area (Å²) < 4.78 is 5.09. The van der Waals surface area contributed by atoms with Gasteiger partial charge in [-0.3, -0.25) is 14.5 Å². The van der Waals surface area contributed by atoms with Gasteiger partial charge in [0.05, 0.1) is 13.2 Å². The molecule has 0 bridgehead atoms. The van der Waals surface area contributed by atoms with E-state index >= 15 is 0 Å². The number of carbonyl (C=O) groups excluding carboxylic acids is 2. The summed E-state index contributed by atoms with van der Waals surface area (Å²) in [5.41, 5.74) is 0. The molecule has 2 heterocycles. The van der Waals surface area contributed by atoms with Gasteiger partial charge in [-0.15, -0.1) is 0 Å². The monoisotopic (exact) mass is 353 g/mol. The summed E-state index contributed by atoms with van der Waals surface area (Å²) in [5.74, 6) is 0.578. The quantitative estimate of drug-likeness (QED) is 0.643. The van der Waals surface area contributed by atoms with E-state index in [1.54, 1.807) is 6.92 Å². The van der Waals surface area contributed by atoms with Crippen molar-refractivity contribution in [3.05, 3.63) is 0 Å². The van der Waals surface area contributed by atoms with Crippen LogP contribution in [0.5, 0.6) is 0 Å². The number of carbonyl (C=O) groups is 2. The molecule has 1 saturated carbocycles. The minimum absolute atomic E-state index is 0.0665. The molecular formula is C18H33N4O3+. The van der Waals surface area contributed by atoms with Crippen molar-refractivity contribution in [2.45, 2.75) is 63.2 Å². The molecule has 3 aliphatic rings. The number of methoxy groups -OCH3 is 1. The van der Waals surface area contributed by atoms with E-state index in [-0.39, 0.29) is 17.9 Å². The number of nitrogens with zero attached hydrogens (tertiary/aromatic N) is 2. The predicted molar refractivity (Wildman–Crippen MR) is 93.7 cm³/mol. The molecule has 0 radical (unpaired) electrons. The van der Waals surface area contributed by atoms with Crippen LogP contribution in [-0.2, 0) is 14.3 Å². The second-order valence-electron chi connectivity index (χ2n) is 8.05. The van der Waals surface area contributed by atoms with Crippen molar-refractivity contribution in [3.8, 4) is 0 Å². The second kappa shape index (κ2) is 8.01. The van der Waals surface area contributed by atoms with Crippen LogP contribution in [0, 0.1) is 5.92 Å². The highest BCUT2D eigenvalue weighted by atomic mass is 16.5. The molecule has 0 aromatic rings. The number of likely N-dealkylation sites (N-methyl/N-ethyl adjacent to an activating group) is 1. The van der Waals surface area contributed by atoms with Crippen molar-refractivity contribution in [1.29, 1.82) is 0 Å². The maximum atomic E-state index is 12.3. The molecule has 3 atom stereocenters. The first kappa shape index (κ1) is 18.6. The molecule has 0 spiro atoms. The highest BCUT2D eigenvalue weighted by molar-refractivity contribution is 5.76. The van der Waals surface area contributed by atoms with Crippen molar-refractivity contribution < 1.29 is 19.6 Å². The summed E-state index contributed by atoms with van der Waals surface area (Å²) in [6, 6.07) is 1.24. The van der Waals surface area contributed by atoms with Crippen LogP contribution < -0.4 is 10.6 Å². The first-order valence-corrected chi connectivity index (χ1v) is 9.60. The first-order chi connectivity index (χ1) is 12.0. The van der Waals surface area contributed by atoms with E-state index in [9.17, 15) is 9.59 Å². The highest BCUT2D eigenvalue weighted by Gasteiger charge is 2.46. The molecular weight excluding hydrogens is 320 g/mol. The largest absolute Gasteiger partial charge is 0.468 e. The zero-order chi connectivity index (χ0) is 18.0. The number of quaternary nitrogens is 1. The molecule has 2 aliphatic heterocycles. The number of esters is 1. The number of piperidine rings is 1. The Hall–Kier alpha value is -1.18. The maximum Gasteiger partial charge on any atom is 0.323 e. The fraction of sp³-hybridized carbons (Fsp3) is 0.889. The van der Waals surface area contributed by atoms with E-state index < -0.39 is 0 Å². The Morgan fingerprint density at radius 2 is 1.96 bits per heavy atom. The minimum atomic E-state index is -0.109. The molecule has 142 valence electrons. The van der Waals surface area contributed by atoms with Crippen molar-refractivity contribution >= 4 is 11.9 Å². The van der Waals surface area contributed by atoms with Gasteiger partial charge in [-0.25, -0.2) is 4.90 Å². The van der Waals surface area contributed by atoms with Crippen LogP contribution in [0.25, 0.3) is 0 Å².